The van der Waals surface area contributed by atoms with Gasteiger partial charge in [-0.3, -0.25) is 19.2 Å². The highest BCUT2D eigenvalue weighted by Crippen LogP contribution is 2.42. The lowest BCUT2D eigenvalue weighted by Gasteiger charge is -2.40. The largest absolute Gasteiger partial charge is 0.497 e. The van der Waals surface area contributed by atoms with E-state index in [9.17, 15) is 24.3 Å². The van der Waals surface area contributed by atoms with Crippen LogP contribution in [0.2, 0.25) is 0 Å². The Labute approximate surface area is 407 Å². The predicted octanol–water partition coefficient (Wildman–Crippen LogP) is 5.92. The monoisotopic (exact) mass is 950 g/mol. The van der Waals surface area contributed by atoms with E-state index in [1.54, 1.807) is 45.5 Å². The number of carbonyl (C=O) groups excluding carboxylic acids is 4. The first-order valence-corrected chi connectivity index (χ1v) is 23.9. The maximum atomic E-state index is 15.6. The predicted molar refractivity (Wildman–Crippen MR) is 264 cm³/mol. The van der Waals surface area contributed by atoms with Gasteiger partial charge in [-0.2, -0.15) is 0 Å². The molecule has 1 aliphatic rings. The third-order valence-electron chi connectivity index (χ3n) is 13.3. The summed E-state index contributed by atoms with van der Waals surface area (Å²) in [6, 6.07) is 28.2. The number of nitrogens with zero attached hydrogens (tertiary/aromatic N) is 3. The van der Waals surface area contributed by atoms with Crippen LogP contribution in [0.3, 0.4) is 0 Å². The van der Waals surface area contributed by atoms with Crippen LogP contribution in [0, 0.1) is 5.92 Å². The zero-order valence-electron chi connectivity index (χ0n) is 41.6. The molecular weight excluding hydrogens is 879 g/mol. The molecule has 7 atom stereocenters. The second-order valence-electron chi connectivity index (χ2n) is 17.5. The van der Waals surface area contributed by atoms with Crippen molar-refractivity contribution in [1.82, 2.24) is 25.3 Å². The molecule has 1 saturated heterocycles. The standard InChI is InChI=1S/C54H71N5O10/c1-10-36(5)48(52(63)57(6)46(53(64)65)32-37-20-16-14-17-21-37)56-49(60)45-33-43(68-13-4)34-59(45)51(62)47(58(7)50(61)44(11-2)55-12-3)35-69-54(38-22-18-15-19-23-38,39-24-28-41(66-8)29-25-39)40-26-30-42(67-9)31-27-40/h14-31,36,43-48,55H,10-13,32-35H2,1-9H3,(H,56,60)(H,64,65)/t36-,43+,44-,45-,46-,47-,48-/m0/s1. The average Bonchev–Trinajstić information content (AvgIpc) is 3.81. The third kappa shape index (κ3) is 12.7. The number of carboxylic acid groups (broad SMARTS) is 1. The summed E-state index contributed by atoms with van der Waals surface area (Å²) < 4.78 is 24.4. The van der Waals surface area contributed by atoms with Gasteiger partial charge < -0.3 is 49.4 Å². The van der Waals surface area contributed by atoms with E-state index in [0.717, 1.165) is 11.1 Å². The Balaban J connectivity index is 1.58. The Morgan fingerprint density at radius 3 is 1.77 bits per heavy atom. The summed E-state index contributed by atoms with van der Waals surface area (Å²) in [5, 5.41) is 16.5. The zero-order chi connectivity index (χ0) is 50.3. The third-order valence-corrected chi connectivity index (χ3v) is 13.3. The van der Waals surface area contributed by atoms with Crippen molar-refractivity contribution in [3.8, 4) is 11.5 Å². The molecule has 0 radical (unpaired) electrons. The first kappa shape index (κ1) is 53.7. The number of methoxy groups -OCH3 is 2. The first-order chi connectivity index (χ1) is 33.2. The van der Waals surface area contributed by atoms with Crippen molar-refractivity contribution >= 4 is 29.6 Å². The lowest BCUT2D eigenvalue weighted by molar-refractivity contribution is -0.153. The summed E-state index contributed by atoms with van der Waals surface area (Å²) in [5.74, 6) is -2.40. The molecule has 4 aromatic rings. The van der Waals surface area contributed by atoms with Gasteiger partial charge >= 0.3 is 5.97 Å². The highest BCUT2D eigenvalue weighted by atomic mass is 16.5. The molecule has 15 nitrogen and oxygen atoms in total. The van der Waals surface area contributed by atoms with Crippen molar-refractivity contribution in [3.05, 3.63) is 131 Å². The summed E-state index contributed by atoms with van der Waals surface area (Å²) in [6.45, 7) is 9.85. The van der Waals surface area contributed by atoms with E-state index in [1.807, 2.05) is 120 Å². The van der Waals surface area contributed by atoms with Crippen LogP contribution in [0.4, 0.5) is 0 Å². The molecule has 1 heterocycles. The van der Waals surface area contributed by atoms with Gasteiger partial charge in [0.15, 0.2) is 0 Å². The van der Waals surface area contributed by atoms with Gasteiger partial charge in [-0.15, -0.1) is 0 Å². The molecule has 0 aromatic heterocycles. The maximum Gasteiger partial charge on any atom is 0.326 e. The second-order valence-corrected chi connectivity index (χ2v) is 17.5. The number of nitrogens with one attached hydrogen (secondary N) is 2. The van der Waals surface area contributed by atoms with Crippen molar-refractivity contribution < 1.29 is 48.0 Å². The quantitative estimate of drug-likeness (QED) is 0.0673. The van der Waals surface area contributed by atoms with Gasteiger partial charge in [0.1, 0.15) is 41.3 Å². The molecular formula is C54H71N5O10. The minimum absolute atomic E-state index is 0.0223. The van der Waals surface area contributed by atoms with E-state index in [4.69, 9.17) is 18.9 Å². The van der Waals surface area contributed by atoms with E-state index in [0.29, 0.717) is 48.6 Å². The molecule has 15 heteroatoms. The van der Waals surface area contributed by atoms with Gasteiger partial charge in [0, 0.05) is 40.1 Å². The van der Waals surface area contributed by atoms with Crippen LogP contribution in [0.15, 0.2) is 109 Å². The first-order valence-electron chi connectivity index (χ1n) is 23.9. The Hall–Kier alpha value is -6.29. The van der Waals surface area contributed by atoms with Gasteiger partial charge in [-0.05, 0) is 72.3 Å². The fourth-order valence-corrected chi connectivity index (χ4v) is 9.05. The molecule has 0 unspecified atom stereocenters. The number of carbonyl (C=O) groups is 5. The second kappa shape index (κ2) is 25.4. The van der Waals surface area contributed by atoms with Gasteiger partial charge in [-0.1, -0.05) is 119 Å². The van der Waals surface area contributed by atoms with E-state index in [2.05, 4.69) is 10.6 Å². The van der Waals surface area contributed by atoms with E-state index >= 15 is 4.79 Å². The number of ether oxygens (including phenoxy) is 4. The van der Waals surface area contributed by atoms with E-state index < -0.39 is 71.5 Å². The Morgan fingerprint density at radius 1 is 0.739 bits per heavy atom. The molecule has 1 aliphatic heterocycles. The van der Waals surface area contributed by atoms with Crippen LogP contribution in [0.25, 0.3) is 0 Å². The normalized spacial score (nSPS) is 16.9. The van der Waals surface area contributed by atoms with E-state index in [-0.39, 0.29) is 31.9 Å². The minimum Gasteiger partial charge on any atom is -0.497 e. The number of aliphatic carboxylic acids is 1. The molecule has 4 amide bonds. The summed E-state index contributed by atoms with van der Waals surface area (Å²) >= 11 is 0. The summed E-state index contributed by atoms with van der Waals surface area (Å²) in [4.78, 5) is 76.0. The molecule has 69 heavy (non-hydrogen) atoms. The highest BCUT2D eigenvalue weighted by molar-refractivity contribution is 5.96. The molecule has 5 rings (SSSR count). The fourth-order valence-electron chi connectivity index (χ4n) is 9.05. The number of amides is 4. The average molecular weight is 950 g/mol. The molecule has 3 N–H and O–H groups in total. The van der Waals surface area contributed by atoms with Gasteiger partial charge in [0.05, 0.1) is 33.0 Å². The summed E-state index contributed by atoms with van der Waals surface area (Å²) in [5.41, 5.74) is 1.56. The van der Waals surface area contributed by atoms with E-state index in [1.165, 1.54) is 21.7 Å². The van der Waals surface area contributed by atoms with Crippen LogP contribution in [0.5, 0.6) is 11.5 Å². The SMILES string of the molecule is CCN[C@@H](CC)C(=O)N(C)[C@@H](COC(c1ccccc1)(c1ccc(OC)cc1)c1ccc(OC)cc1)C(=O)N1C[C@H](OCC)C[C@H]1C(=O)N[C@H](C(=O)N(C)[C@@H](Cc1ccccc1)C(=O)O)[C@@H](C)CC. The highest BCUT2D eigenvalue weighted by Gasteiger charge is 2.47. The van der Waals surface area contributed by atoms with Crippen molar-refractivity contribution in [2.45, 2.75) is 102 Å². The maximum absolute atomic E-state index is 15.6. The molecule has 0 saturated carbocycles. The lowest BCUT2D eigenvalue weighted by Crippen LogP contribution is -2.60. The van der Waals surface area contributed by atoms with Crippen molar-refractivity contribution in [2.75, 3.05) is 54.6 Å². The van der Waals surface area contributed by atoms with Crippen molar-refractivity contribution in [3.63, 3.8) is 0 Å². The number of rotatable bonds is 25. The zero-order valence-corrected chi connectivity index (χ0v) is 41.6. The molecule has 4 aromatic carbocycles. The van der Waals surface area contributed by atoms with Gasteiger partial charge in [0.25, 0.3) is 0 Å². The number of benzene rings is 4. The molecule has 0 bridgehead atoms. The Bertz CT molecular complexity index is 2230. The number of likely N-dealkylation sites (N-methyl/N-ethyl adjacent to an activating group) is 3. The molecule has 1 fully saturated rings. The van der Waals surface area contributed by atoms with Crippen LogP contribution >= 0.6 is 0 Å². The smallest absolute Gasteiger partial charge is 0.326 e. The number of carboxylic acids is 1. The number of likely N-dealkylation sites (tertiary alicyclic amines) is 1. The topological polar surface area (TPSA) is 176 Å². The number of hydrogen-bond donors (Lipinski definition) is 3. The lowest BCUT2D eigenvalue weighted by atomic mass is 9.80. The van der Waals surface area contributed by atoms with Crippen LogP contribution < -0.4 is 20.1 Å². The Kier molecular flexibility index (Phi) is 19.7. The van der Waals surface area contributed by atoms with Crippen LogP contribution in [-0.4, -0.2) is 140 Å². The van der Waals surface area contributed by atoms with Crippen LogP contribution in [-0.2, 0) is 45.5 Å². The van der Waals surface area contributed by atoms with Crippen molar-refractivity contribution in [1.29, 1.82) is 0 Å². The summed E-state index contributed by atoms with van der Waals surface area (Å²) in [6.07, 6.45) is 0.551. The molecule has 0 aliphatic carbocycles. The molecule has 0 spiro atoms. The minimum atomic E-state index is -1.35. The summed E-state index contributed by atoms with van der Waals surface area (Å²) in [7, 11) is 6.19. The fraction of sp³-hybridized carbons (Fsp3) is 0.463. The van der Waals surface area contributed by atoms with Crippen LogP contribution in [0.1, 0.15) is 76.1 Å². The van der Waals surface area contributed by atoms with Gasteiger partial charge in [0.2, 0.25) is 23.6 Å². The van der Waals surface area contributed by atoms with Gasteiger partial charge in [-0.25, -0.2) is 4.79 Å². The van der Waals surface area contributed by atoms with Crippen molar-refractivity contribution in [2.24, 2.45) is 5.92 Å². The number of hydrogen-bond acceptors (Lipinski definition) is 10. The molecule has 372 valence electrons. The Morgan fingerprint density at radius 2 is 1.28 bits per heavy atom.